The lowest BCUT2D eigenvalue weighted by molar-refractivity contribution is -0.146. The van der Waals surface area contributed by atoms with E-state index in [4.69, 9.17) is 9.72 Å². The van der Waals surface area contributed by atoms with Crippen LogP contribution >= 0.6 is 11.3 Å². The van der Waals surface area contributed by atoms with Crippen LogP contribution in [-0.4, -0.2) is 45.8 Å². The fourth-order valence-electron chi connectivity index (χ4n) is 4.83. The van der Waals surface area contributed by atoms with Gasteiger partial charge in [-0.05, 0) is 81.3 Å². The number of para-hydroxylation sites is 1. The Labute approximate surface area is 232 Å². The summed E-state index contributed by atoms with van der Waals surface area (Å²) in [4.78, 5) is 47.7. The summed E-state index contributed by atoms with van der Waals surface area (Å²) in [7, 11) is 0. The number of aryl methyl sites for hydroxylation is 1. The minimum atomic E-state index is -0.897. The summed E-state index contributed by atoms with van der Waals surface area (Å²) in [6.45, 7) is 7.60. The average Bonchev–Trinajstić information content (AvgIpc) is 3.47. The van der Waals surface area contributed by atoms with Crippen molar-refractivity contribution in [2.45, 2.75) is 52.1 Å². The Hall–Kier alpha value is -4.04. The second-order valence-electron chi connectivity index (χ2n) is 10.4. The van der Waals surface area contributed by atoms with Crippen LogP contribution < -0.4 is 9.64 Å². The lowest BCUT2D eigenvalue weighted by atomic mass is 9.96. The van der Waals surface area contributed by atoms with E-state index in [9.17, 15) is 14.4 Å². The highest BCUT2D eigenvalue weighted by molar-refractivity contribution is 7.21. The van der Waals surface area contributed by atoms with Gasteiger partial charge in [0.15, 0.2) is 6.61 Å². The summed E-state index contributed by atoms with van der Waals surface area (Å²) in [5.74, 6) is -0.501. The molecule has 1 aliphatic rings. The van der Waals surface area contributed by atoms with E-state index in [1.807, 2.05) is 63.2 Å². The van der Waals surface area contributed by atoms with E-state index in [1.54, 1.807) is 35.6 Å². The van der Waals surface area contributed by atoms with Crippen LogP contribution in [0.3, 0.4) is 0 Å². The monoisotopic (exact) mass is 541 g/mol. The van der Waals surface area contributed by atoms with E-state index < -0.39 is 17.5 Å². The third kappa shape index (κ3) is 5.29. The van der Waals surface area contributed by atoms with Crippen LogP contribution in [0.15, 0.2) is 72.8 Å². The molecule has 3 amide bonds. The molecule has 0 spiro atoms. The van der Waals surface area contributed by atoms with Crippen molar-refractivity contribution in [3.8, 4) is 16.3 Å². The Morgan fingerprint density at radius 3 is 2.49 bits per heavy atom. The molecule has 1 saturated heterocycles. The van der Waals surface area contributed by atoms with Crippen molar-refractivity contribution in [2.75, 3.05) is 11.5 Å². The largest absolute Gasteiger partial charge is 0.484 e. The van der Waals surface area contributed by atoms with Crippen LogP contribution in [0.5, 0.6) is 5.75 Å². The van der Waals surface area contributed by atoms with Crippen LogP contribution in [0.25, 0.3) is 20.8 Å². The molecule has 2 heterocycles. The highest BCUT2D eigenvalue weighted by Gasteiger charge is 2.48. The quantitative estimate of drug-likeness (QED) is 0.256. The maximum atomic E-state index is 13.7. The first kappa shape index (κ1) is 26.6. The molecule has 3 aromatic carbocycles. The first-order chi connectivity index (χ1) is 18.7. The fraction of sp³-hybridized carbons (Fsp3) is 0.290. The number of anilines is 1. The van der Waals surface area contributed by atoms with Gasteiger partial charge in [0, 0.05) is 11.1 Å². The maximum Gasteiger partial charge on any atom is 0.261 e. The number of carbonyl (C=O) groups excluding carboxylic acids is 3. The lowest BCUT2D eigenvalue weighted by Gasteiger charge is -2.41. The van der Waals surface area contributed by atoms with Gasteiger partial charge in [0.05, 0.1) is 22.3 Å². The molecular weight excluding hydrogens is 510 g/mol. The minimum absolute atomic E-state index is 0.0711. The summed E-state index contributed by atoms with van der Waals surface area (Å²) in [6.07, 6.45) is 0.538. The van der Waals surface area contributed by atoms with Gasteiger partial charge in [-0.1, -0.05) is 31.2 Å². The number of imide groups is 1. The number of aromatic nitrogens is 1. The van der Waals surface area contributed by atoms with E-state index in [1.165, 1.54) is 15.4 Å². The molecule has 0 bridgehead atoms. The first-order valence-electron chi connectivity index (χ1n) is 13.0. The zero-order valence-corrected chi connectivity index (χ0v) is 23.3. The molecule has 7 nitrogen and oxygen atoms in total. The van der Waals surface area contributed by atoms with E-state index in [-0.39, 0.29) is 24.8 Å². The number of benzene rings is 3. The van der Waals surface area contributed by atoms with Crippen LogP contribution in [0.1, 0.15) is 39.2 Å². The predicted octanol–water partition coefficient (Wildman–Crippen LogP) is 6.00. The van der Waals surface area contributed by atoms with Gasteiger partial charge in [0.25, 0.3) is 11.8 Å². The topological polar surface area (TPSA) is 79.8 Å². The Morgan fingerprint density at radius 2 is 1.79 bits per heavy atom. The summed E-state index contributed by atoms with van der Waals surface area (Å²) in [6, 6.07) is 21.6. The van der Waals surface area contributed by atoms with Gasteiger partial charge in [-0.15, -0.1) is 11.3 Å². The van der Waals surface area contributed by atoms with E-state index in [0.29, 0.717) is 17.9 Å². The molecule has 0 saturated carbocycles. The Balaban J connectivity index is 1.37. The standard InChI is InChI=1S/C31H31N3O4S/c1-5-31(3,4)34(28(36)19-38-23-9-7-6-8-10-23)25-18-27(35)33(30(25)37)22-14-12-21(13-15-22)29-32-24-16-11-20(2)17-26(24)39-29/h6-17,25H,5,18-19H2,1-4H3. The van der Waals surface area contributed by atoms with Crippen molar-refractivity contribution >= 4 is 45.0 Å². The summed E-state index contributed by atoms with van der Waals surface area (Å²) >= 11 is 1.60. The third-order valence-electron chi connectivity index (χ3n) is 7.24. The van der Waals surface area contributed by atoms with Gasteiger partial charge >= 0.3 is 0 Å². The van der Waals surface area contributed by atoms with Crippen molar-refractivity contribution in [3.63, 3.8) is 0 Å². The minimum Gasteiger partial charge on any atom is -0.484 e. The van der Waals surface area contributed by atoms with Crippen LogP contribution in [0.4, 0.5) is 5.69 Å². The van der Waals surface area contributed by atoms with E-state index in [0.717, 1.165) is 20.8 Å². The smallest absolute Gasteiger partial charge is 0.261 e. The first-order valence-corrected chi connectivity index (χ1v) is 13.8. The number of hydrogen-bond donors (Lipinski definition) is 0. The molecular formula is C31H31N3O4S. The number of hydrogen-bond acceptors (Lipinski definition) is 6. The molecule has 5 rings (SSSR count). The molecule has 200 valence electrons. The predicted molar refractivity (Wildman–Crippen MR) is 154 cm³/mol. The summed E-state index contributed by atoms with van der Waals surface area (Å²) in [5.41, 5.74) is 2.87. The Morgan fingerprint density at radius 1 is 1.08 bits per heavy atom. The van der Waals surface area contributed by atoms with Gasteiger partial charge < -0.3 is 9.64 Å². The summed E-state index contributed by atoms with van der Waals surface area (Å²) in [5, 5.41) is 0.874. The molecule has 0 aliphatic carbocycles. The van der Waals surface area contributed by atoms with Crippen molar-refractivity contribution in [2.24, 2.45) is 0 Å². The number of rotatable bonds is 8. The highest BCUT2D eigenvalue weighted by Crippen LogP contribution is 2.34. The van der Waals surface area contributed by atoms with Crippen molar-refractivity contribution in [3.05, 3.63) is 78.4 Å². The molecule has 39 heavy (non-hydrogen) atoms. The number of fused-ring (bicyclic) bond motifs is 1. The van der Waals surface area contributed by atoms with Gasteiger partial charge in [-0.25, -0.2) is 9.88 Å². The number of amides is 3. The Kier molecular flexibility index (Phi) is 7.23. The van der Waals surface area contributed by atoms with Crippen molar-refractivity contribution < 1.29 is 19.1 Å². The van der Waals surface area contributed by atoms with Gasteiger partial charge in [0.2, 0.25) is 5.91 Å². The maximum absolute atomic E-state index is 13.7. The molecule has 4 aromatic rings. The van der Waals surface area contributed by atoms with Crippen LogP contribution in [-0.2, 0) is 14.4 Å². The Bertz CT molecular complexity index is 1530. The van der Waals surface area contributed by atoms with E-state index in [2.05, 4.69) is 13.0 Å². The van der Waals surface area contributed by atoms with Gasteiger partial charge in [-0.3, -0.25) is 14.4 Å². The molecule has 1 fully saturated rings. The summed E-state index contributed by atoms with van der Waals surface area (Å²) < 4.78 is 6.81. The zero-order chi connectivity index (χ0) is 27.7. The third-order valence-corrected chi connectivity index (χ3v) is 8.31. The molecule has 0 N–H and O–H groups in total. The number of thiazole rings is 1. The van der Waals surface area contributed by atoms with Crippen molar-refractivity contribution in [1.29, 1.82) is 0 Å². The zero-order valence-electron chi connectivity index (χ0n) is 22.5. The van der Waals surface area contributed by atoms with E-state index >= 15 is 0 Å². The number of nitrogens with zero attached hydrogens (tertiary/aromatic N) is 3. The lowest BCUT2D eigenvalue weighted by Crippen LogP contribution is -2.56. The molecule has 1 aromatic heterocycles. The van der Waals surface area contributed by atoms with Crippen LogP contribution in [0, 0.1) is 6.92 Å². The number of ether oxygens (including phenoxy) is 1. The second kappa shape index (κ2) is 10.6. The van der Waals surface area contributed by atoms with Gasteiger partial charge in [0.1, 0.15) is 16.8 Å². The molecule has 1 atom stereocenters. The number of carbonyl (C=O) groups is 3. The SMILES string of the molecule is CCC(C)(C)N(C(=O)COc1ccccc1)C1CC(=O)N(c2ccc(-c3nc4ccc(C)cc4s3)cc2)C1=O. The molecule has 1 aliphatic heterocycles. The highest BCUT2D eigenvalue weighted by atomic mass is 32.1. The normalized spacial score (nSPS) is 15.7. The second-order valence-corrected chi connectivity index (χ2v) is 11.4. The van der Waals surface area contributed by atoms with Crippen molar-refractivity contribution in [1.82, 2.24) is 9.88 Å². The molecule has 8 heteroatoms. The molecule has 0 radical (unpaired) electrons. The van der Waals surface area contributed by atoms with Gasteiger partial charge in [-0.2, -0.15) is 0 Å². The fourth-order valence-corrected chi connectivity index (χ4v) is 5.90. The van der Waals surface area contributed by atoms with Crippen LogP contribution in [0.2, 0.25) is 0 Å². The molecule has 1 unspecified atom stereocenters. The average molecular weight is 542 g/mol.